The first kappa shape index (κ1) is 15.4. The van der Waals surface area contributed by atoms with Crippen LogP contribution in [0.1, 0.15) is 13.8 Å². The van der Waals surface area contributed by atoms with Gasteiger partial charge >= 0.3 is 0 Å². The Balaban J connectivity index is 3.02. The van der Waals surface area contributed by atoms with Gasteiger partial charge in [0.05, 0.1) is 11.5 Å². The van der Waals surface area contributed by atoms with Crippen molar-refractivity contribution in [1.82, 2.24) is 4.72 Å². The number of hydrogen-bond acceptors (Lipinski definition) is 4. The van der Waals surface area contributed by atoms with Crippen LogP contribution in [-0.2, 0) is 10.0 Å². The molecule has 1 aromatic rings. The summed E-state index contributed by atoms with van der Waals surface area (Å²) in [4.78, 5) is 0.114. The summed E-state index contributed by atoms with van der Waals surface area (Å²) in [5.74, 6) is 0.00185. The van der Waals surface area contributed by atoms with Crippen LogP contribution < -0.4 is 10.5 Å². The maximum atomic E-state index is 12.1. The first-order valence-corrected chi connectivity index (χ1v) is 7.73. The fourth-order valence-corrected chi connectivity index (χ4v) is 3.26. The average molecular weight is 337 g/mol. The van der Waals surface area contributed by atoms with E-state index in [4.69, 9.17) is 10.8 Å². The molecule has 18 heavy (non-hydrogen) atoms. The van der Waals surface area contributed by atoms with Crippen LogP contribution in [0, 0.1) is 5.92 Å². The molecule has 5 nitrogen and oxygen atoms in total. The Labute approximate surface area is 116 Å². The van der Waals surface area contributed by atoms with Crippen molar-refractivity contribution < 1.29 is 13.5 Å². The summed E-state index contributed by atoms with van der Waals surface area (Å²) in [6.07, 6.45) is 0. The topological polar surface area (TPSA) is 92.4 Å². The van der Waals surface area contributed by atoms with Crippen molar-refractivity contribution in [1.29, 1.82) is 0 Å². The van der Waals surface area contributed by atoms with E-state index in [2.05, 4.69) is 20.7 Å². The number of nitrogens with one attached hydrogen (secondary N) is 1. The molecular weight excluding hydrogens is 320 g/mol. The summed E-state index contributed by atoms with van der Waals surface area (Å²) in [7, 11) is -3.65. The minimum absolute atomic E-state index is 0.00185. The molecule has 0 aliphatic carbocycles. The highest BCUT2D eigenvalue weighted by Gasteiger charge is 2.22. The largest absolute Gasteiger partial charge is 0.398 e. The van der Waals surface area contributed by atoms with E-state index < -0.39 is 16.1 Å². The van der Waals surface area contributed by atoms with Crippen LogP contribution in [0.3, 0.4) is 0 Å². The van der Waals surface area contributed by atoms with Gasteiger partial charge in [-0.3, -0.25) is 0 Å². The molecule has 102 valence electrons. The molecule has 0 heterocycles. The normalized spacial score (nSPS) is 13.8. The Morgan fingerprint density at radius 3 is 2.50 bits per heavy atom. The Morgan fingerprint density at radius 1 is 1.44 bits per heavy atom. The molecule has 7 heteroatoms. The molecule has 0 aromatic heterocycles. The van der Waals surface area contributed by atoms with Crippen LogP contribution in [0.4, 0.5) is 5.69 Å². The molecule has 0 radical (unpaired) electrons. The number of sulfonamides is 1. The minimum atomic E-state index is -3.65. The first-order chi connectivity index (χ1) is 8.27. The summed E-state index contributed by atoms with van der Waals surface area (Å²) in [6.45, 7) is 3.43. The van der Waals surface area contributed by atoms with Crippen molar-refractivity contribution in [3.05, 3.63) is 22.7 Å². The second-order valence-electron chi connectivity index (χ2n) is 4.34. The van der Waals surface area contributed by atoms with Gasteiger partial charge < -0.3 is 10.8 Å². The number of nitrogens with two attached hydrogens (primary N) is 1. The lowest BCUT2D eigenvalue weighted by Gasteiger charge is -2.20. The van der Waals surface area contributed by atoms with Gasteiger partial charge in [0.25, 0.3) is 0 Å². The van der Waals surface area contributed by atoms with Gasteiger partial charge in [0.15, 0.2) is 0 Å². The molecule has 1 atom stereocenters. The van der Waals surface area contributed by atoms with Crippen molar-refractivity contribution in [3.8, 4) is 0 Å². The number of anilines is 1. The van der Waals surface area contributed by atoms with Crippen molar-refractivity contribution in [2.24, 2.45) is 5.92 Å². The predicted molar refractivity (Wildman–Crippen MR) is 74.6 cm³/mol. The number of aliphatic hydroxyl groups excluding tert-OH is 1. The molecule has 0 saturated heterocycles. The van der Waals surface area contributed by atoms with Gasteiger partial charge in [-0.25, -0.2) is 13.1 Å². The minimum Gasteiger partial charge on any atom is -0.398 e. The Morgan fingerprint density at radius 2 is 2.06 bits per heavy atom. The number of nitrogen functional groups attached to an aromatic ring is 1. The Hall–Kier alpha value is -0.630. The molecule has 0 aliphatic rings. The van der Waals surface area contributed by atoms with Crippen molar-refractivity contribution in [3.63, 3.8) is 0 Å². The van der Waals surface area contributed by atoms with Crippen molar-refractivity contribution in [2.45, 2.75) is 24.8 Å². The monoisotopic (exact) mass is 336 g/mol. The number of halogens is 1. The summed E-state index contributed by atoms with van der Waals surface area (Å²) in [5.41, 5.74) is 6.07. The number of hydrogen-bond donors (Lipinski definition) is 3. The van der Waals surface area contributed by atoms with Gasteiger partial charge in [0, 0.05) is 16.2 Å². The third-order valence-corrected chi connectivity index (χ3v) is 4.76. The van der Waals surface area contributed by atoms with Crippen molar-refractivity contribution >= 4 is 31.6 Å². The van der Waals surface area contributed by atoms with E-state index >= 15 is 0 Å². The van der Waals surface area contributed by atoms with E-state index in [0.29, 0.717) is 10.2 Å². The second-order valence-corrected chi connectivity index (χ2v) is 6.91. The lowest BCUT2D eigenvalue weighted by atomic mass is 10.1. The van der Waals surface area contributed by atoms with E-state index in [1.807, 2.05) is 13.8 Å². The van der Waals surface area contributed by atoms with Crippen LogP contribution in [-0.4, -0.2) is 26.2 Å². The van der Waals surface area contributed by atoms with E-state index in [0.717, 1.165) is 0 Å². The molecule has 0 saturated carbocycles. The maximum absolute atomic E-state index is 12.1. The van der Waals surface area contributed by atoms with Gasteiger partial charge in [0.1, 0.15) is 0 Å². The zero-order valence-electron chi connectivity index (χ0n) is 10.2. The van der Waals surface area contributed by atoms with Crippen molar-refractivity contribution in [2.75, 3.05) is 12.3 Å². The van der Waals surface area contributed by atoms with Gasteiger partial charge in [0.2, 0.25) is 10.0 Å². The van der Waals surface area contributed by atoms with Gasteiger partial charge in [-0.15, -0.1) is 0 Å². The third-order valence-electron chi connectivity index (χ3n) is 2.59. The highest BCUT2D eigenvalue weighted by Crippen LogP contribution is 2.23. The van der Waals surface area contributed by atoms with Gasteiger partial charge in [-0.1, -0.05) is 13.8 Å². The summed E-state index contributed by atoms with van der Waals surface area (Å²) >= 11 is 3.18. The van der Waals surface area contributed by atoms with Crippen LogP contribution in [0.2, 0.25) is 0 Å². The molecule has 1 unspecified atom stereocenters. The third kappa shape index (κ3) is 3.68. The Bertz CT molecular complexity index is 517. The standard InChI is InChI=1S/C11H17BrN2O3S/c1-7(2)11(6-15)14-18(16,17)8-3-4-10(13)9(12)5-8/h3-5,7,11,14-15H,6,13H2,1-2H3. The lowest BCUT2D eigenvalue weighted by Crippen LogP contribution is -2.41. The van der Waals surface area contributed by atoms with Crippen LogP contribution in [0.5, 0.6) is 0 Å². The fourth-order valence-electron chi connectivity index (χ4n) is 1.33. The van der Waals surface area contributed by atoms with Gasteiger partial charge in [-0.2, -0.15) is 0 Å². The van der Waals surface area contributed by atoms with E-state index in [-0.39, 0.29) is 17.4 Å². The number of benzene rings is 1. The van der Waals surface area contributed by atoms with Crippen LogP contribution >= 0.6 is 15.9 Å². The SMILES string of the molecule is CC(C)C(CO)NS(=O)(=O)c1ccc(N)c(Br)c1. The van der Waals surface area contributed by atoms with Gasteiger partial charge in [-0.05, 0) is 40.0 Å². The molecular formula is C11H17BrN2O3S. The number of aliphatic hydroxyl groups is 1. The second kappa shape index (κ2) is 6.01. The van der Waals surface area contributed by atoms with E-state index in [1.165, 1.54) is 18.2 Å². The number of rotatable bonds is 5. The highest BCUT2D eigenvalue weighted by molar-refractivity contribution is 9.10. The zero-order valence-corrected chi connectivity index (χ0v) is 12.6. The molecule has 1 aromatic carbocycles. The quantitative estimate of drug-likeness (QED) is 0.707. The molecule has 0 fully saturated rings. The molecule has 4 N–H and O–H groups in total. The van der Waals surface area contributed by atoms with E-state index in [9.17, 15) is 8.42 Å². The molecule has 0 amide bonds. The average Bonchev–Trinajstić information content (AvgIpc) is 2.29. The zero-order chi connectivity index (χ0) is 13.9. The van der Waals surface area contributed by atoms with Crippen LogP contribution in [0.15, 0.2) is 27.6 Å². The molecule has 0 aliphatic heterocycles. The molecule has 1 rings (SSSR count). The summed E-state index contributed by atoms with van der Waals surface area (Å²) in [5, 5.41) is 9.15. The predicted octanol–water partition coefficient (Wildman–Crippen LogP) is 1.33. The van der Waals surface area contributed by atoms with Crippen LogP contribution in [0.25, 0.3) is 0 Å². The Kier molecular flexibility index (Phi) is 5.15. The smallest absolute Gasteiger partial charge is 0.240 e. The van der Waals surface area contributed by atoms with E-state index in [1.54, 1.807) is 0 Å². The molecule has 0 bridgehead atoms. The maximum Gasteiger partial charge on any atom is 0.240 e. The summed E-state index contributed by atoms with van der Waals surface area (Å²) in [6, 6.07) is 3.87. The summed E-state index contributed by atoms with van der Waals surface area (Å²) < 4.78 is 27.2. The fraction of sp³-hybridized carbons (Fsp3) is 0.455. The lowest BCUT2D eigenvalue weighted by molar-refractivity contribution is 0.227. The first-order valence-electron chi connectivity index (χ1n) is 5.46. The molecule has 0 spiro atoms. The highest BCUT2D eigenvalue weighted by atomic mass is 79.9.